The topological polar surface area (TPSA) is 146 Å². The first-order chi connectivity index (χ1) is 18.7. The molecule has 2 aromatic carbocycles. The maximum atomic E-state index is 13.1. The van der Waals surface area contributed by atoms with Gasteiger partial charge in [-0.15, -0.1) is 0 Å². The van der Waals surface area contributed by atoms with E-state index in [1.807, 2.05) is 24.3 Å². The van der Waals surface area contributed by atoms with E-state index in [-0.39, 0.29) is 52.5 Å². The summed E-state index contributed by atoms with van der Waals surface area (Å²) in [6.07, 6.45) is 2.67. The highest BCUT2D eigenvalue weighted by atomic mass is 16.4. The molecule has 2 fully saturated rings. The Morgan fingerprint density at radius 2 is 1.82 bits per heavy atom. The zero-order valence-corrected chi connectivity index (χ0v) is 21.5. The van der Waals surface area contributed by atoms with Gasteiger partial charge in [0.1, 0.15) is 11.8 Å². The molecular formula is C29H29N3O7. The van der Waals surface area contributed by atoms with E-state index in [1.165, 1.54) is 6.07 Å². The third-order valence-corrected chi connectivity index (χ3v) is 7.73. The highest BCUT2D eigenvalue weighted by Crippen LogP contribution is 2.31. The van der Waals surface area contributed by atoms with Crippen molar-refractivity contribution >= 4 is 40.7 Å². The zero-order valence-electron chi connectivity index (χ0n) is 21.5. The van der Waals surface area contributed by atoms with Gasteiger partial charge in [0.2, 0.25) is 17.7 Å². The van der Waals surface area contributed by atoms with Gasteiger partial charge in [-0.3, -0.25) is 24.5 Å². The molecule has 3 N–H and O–H groups in total. The van der Waals surface area contributed by atoms with E-state index in [9.17, 15) is 29.1 Å². The molecule has 5 rings (SSSR count). The Balaban J connectivity index is 1.20. The molecule has 0 bridgehead atoms. The normalized spacial score (nSPS) is 18.2. The summed E-state index contributed by atoms with van der Waals surface area (Å²) in [6.45, 7) is 2.82. The van der Waals surface area contributed by atoms with Gasteiger partial charge in [-0.1, -0.05) is 12.1 Å². The fourth-order valence-electron chi connectivity index (χ4n) is 5.39. The van der Waals surface area contributed by atoms with Crippen molar-refractivity contribution in [2.75, 3.05) is 18.4 Å². The largest absolute Gasteiger partial charge is 0.507 e. The molecule has 2 aliphatic heterocycles. The minimum absolute atomic E-state index is 0.0165. The third kappa shape index (κ3) is 5.27. The van der Waals surface area contributed by atoms with Gasteiger partial charge in [0, 0.05) is 30.6 Å². The summed E-state index contributed by atoms with van der Waals surface area (Å²) in [5.41, 5.74) is 1.99. The van der Waals surface area contributed by atoms with Crippen LogP contribution in [0.25, 0.3) is 11.0 Å². The average Bonchev–Trinajstić information content (AvgIpc) is 2.93. The van der Waals surface area contributed by atoms with Crippen molar-refractivity contribution in [2.45, 2.75) is 51.0 Å². The first-order valence-corrected chi connectivity index (χ1v) is 13.0. The number of likely N-dealkylation sites (tertiary alicyclic amines) is 1. The standard InChI is InChI=1S/C29H29N3O7/c1-16-20-6-8-24(34)22(15-33)27(20)39-29(38)21(16)14-26(36)32-12-10-18(11-13-32)17-2-4-19(5-3-17)30-23-7-9-25(35)31-28(23)37/h2-6,8,15,18,23,30,34H,7,9-14H2,1H3,(H,31,35,37). The maximum Gasteiger partial charge on any atom is 0.340 e. The molecule has 1 atom stereocenters. The van der Waals surface area contributed by atoms with Gasteiger partial charge >= 0.3 is 5.63 Å². The van der Waals surface area contributed by atoms with Crippen LogP contribution >= 0.6 is 0 Å². The molecule has 10 heteroatoms. The van der Waals surface area contributed by atoms with Crippen LogP contribution in [0.1, 0.15) is 58.6 Å². The number of hydrogen-bond acceptors (Lipinski definition) is 8. The lowest BCUT2D eigenvalue weighted by Gasteiger charge is -2.32. The second kappa shape index (κ2) is 10.7. The van der Waals surface area contributed by atoms with E-state index in [0.717, 1.165) is 24.1 Å². The van der Waals surface area contributed by atoms with Crippen molar-refractivity contribution in [1.82, 2.24) is 10.2 Å². The first-order valence-electron chi connectivity index (χ1n) is 13.0. The van der Waals surface area contributed by atoms with Crippen molar-refractivity contribution in [1.29, 1.82) is 0 Å². The fraction of sp³-hybridized carbons (Fsp3) is 0.345. The Kier molecular flexibility index (Phi) is 7.19. The van der Waals surface area contributed by atoms with Crippen LogP contribution in [0.4, 0.5) is 5.69 Å². The Hall–Kier alpha value is -4.47. The highest BCUT2D eigenvalue weighted by molar-refractivity contribution is 6.01. The predicted octanol–water partition coefficient (Wildman–Crippen LogP) is 2.79. The molecule has 0 spiro atoms. The molecule has 0 saturated carbocycles. The monoisotopic (exact) mass is 531 g/mol. The number of aryl methyl sites for hydroxylation is 1. The van der Waals surface area contributed by atoms with Crippen molar-refractivity contribution in [3.05, 3.63) is 69.1 Å². The second-order valence-corrected chi connectivity index (χ2v) is 10.1. The number of hydrogen-bond donors (Lipinski definition) is 3. The quantitative estimate of drug-likeness (QED) is 0.250. The number of piperidine rings is 2. The Labute approximate surface area is 224 Å². The summed E-state index contributed by atoms with van der Waals surface area (Å²) in [5, 5.41) is 15.9. The summed E-state index contributed by atoms with van der Waals surface area (Å²) in [4.78, 5) is 62.2. The molecule has 202 valence electrons. The van der Waals surface area contributed by atoms with Crippen molar-refractivity contribution in [2.24, 2.45) is 0 Å². The summed E-state index contributed by atoms with van der Waals surface area (Å²) in [5.74, 6) is -0.716. The molecular weight excluding hydrogens is 502 g/mol. The number of anilines is 1. The Morgan fingerprint density at radius 3 is 2.49 bits per heavy atom. The first kappa shape index (κ1) is 26.1. The van der Waals surface area contributed by atoms with E-state index in [0.29, 0.717) is 43.2 Å². The average molecular weight is 532 g/mol. The van der Waals surface area contributed by atoms with Crippen molar-refractivity contribution in [3.8, 4) is 5.75 Å². The summed E-state index contributed by atoms with van der Waals surface area (Å²) in [7, 11) is 0. The molecule has 3 aromatic rings. The summed E-state index contributed by atoms with van der Waals surface area (Å²) in [6, 6.07) is 10.4. The highest BCUT2D eigenvalue weighted by Gasteiger charge is 2.28. The van der Waals surface area contributed by atoms with Crippen LogP contribution in [0, 0.1) is 6.92 Å². The number of nitrogens with zero attached hydrogens (tertiary/aromatic N) is 1. The number of aldehydes is 1. The predicted molar refractivity (Wildman–Crippen MR) is 143 cm³/mol. The lowest BCUT2D eigenvalue weighted by molar-refractivity contribution is -0.134. The second-order valence-electron chi connectivity index (χ2n) is 10.1. The lowest BCUT2D eigenvalue weighted by atomic mass is 9.89. The minimum Gasteiger partial charge on any atom is -0.507 e. The number of rotatable bonds is 6. The molecule has 10 nitrogen and oxygen atoms in total. The minimum atomic E-state index is -0.692. The van der Waals surface area contributed by atoms with Crippen molar-refractivity contribution in [3.63, 3.8) is 0 Å². The van der Waals surface area contributed by atoms with Crippen LogP contribution in [0.5, 0.6) is 5.75 Å². The zero-order chi connectivity index (χ0) is 27.7. The number of fused-ring (bicyclic) bond motifs is 1. The SMILES string of the molecule is Cc1c(CC(=O)N2CCC(c3ccc(NC4CCC(=O)NC4=O)cc3)CC2)c(=O)oc2c(C=O)c(O)ccc12. The van der Waals surface area contributed by atoms with Gasteiger partial charge in [-0.2, -0.15) is 0 Å². The van der Waals surface area contributed by atoms with Crippen LogP contribution < -0.4 is 16.3 Å². The smallest absolute Gasteiger partial charge is 0.340 e. The molecule has 2 aliphatic rings. The number of benzene rings is 2. The Bertz CT molecular complexity index is 1520. The van der Waals surface area contributed by atoms with Crippen LogP contribution in [-0.2, 0) is 20.8 Å². The van der Waals surface area contributed by atoms with E-state index < -0.39 is 11.7 Å². The van der Waals surface area contributed by atoms with Crippen LogP contribution in [-0.4, -0.2) is 53.1 Å². The Morgan fingerprint density at radius 1 is 1.10 bits per heavy atom. The maximum absolute atomic E-state index is 13.1. The van der Waals surface area contributed by atoms with Crippen LogP contribution in [0.15, 0.2) is 45.6 Å². The fourth-order valence-corrected chi connectivity index (χ4v) is 5.39. The van der Waals surface area contributed by atoms with E-state index in [1.54, 1.807) is 17.9 Å². The molecule has 2 saturated heterocycles. The molecule has 3 heterocycles. The van der Waals surface area contributed by atoms with E-state index in [4.69, 9.17) is 4.42 Å². The number of phenols is 1. The van der Waals surface area contributed by atoms with E-state index >= 15 is 0 Å². The van der Waals surface area contributed by atoms with Gasteiger partial charge < -0.3 is 19.7 Å². The summed E-state index contributed by atoms with van der Waals surface area (Å²) < 4.78 is 5.35. The van der Waals surface area contributed by atoms with E-state index in [2.05, 4.69) is 10.6 Å². The third-order valence-electron chi connectivity index (χ3n) is 7.73. The lowest BCUT2D eigenvalue weighted by Crippen LogP contribution is -2.47. The van der Waals surface area contributed by atoms with Crippen molar-refractivity contribution < 1.29 is 28.7 Å². The molecule has 1 aromatic heterocycles. The molecule has 0 aliphatic carbocycles. The van der Waals surface area contributed by atoms with Gasteiger partial charge in [-0.05, 0) is 67.5 Å². The number of aromatic hydroxyl groups is 1. The number of imide groups is 1. The summed E-state index contributed by atoms with van der Waals surface area (Å²) >= 11 is 0. The van der Waals surface area contributed by atoms with Gasteiger partial charge in [0.05, 0.1) is 17.5 Å². The van der Waals surface area contributed by atoms with Crippen LogP contribution in [0.3, 0.4) is 0 Å². The van der Waals surface area contributed by atoms with Gasteiger partial charge in [0.25, 0.3) is 0 Å². The molecule has 3 amide bonds. The number of carbonyl (C=O) groups is 4. The number of phenolic OH excluding ortho intramolecular Hbond substituents is 1. The van der Waals surface area contributed by atoms with Gasteiger partial charge in [0.15, 0.2) is 11.9 Å². The number of carbonyl (C=O) groups excluding carboxylic acids is 4. The van der Waals surface area contributed by atoms with Crippen LogP contribution in [0.2, 0.25) is 0 Å². The number of amides is 3. The number of nitrogens with one attached hydrogen (secondary N) is 2. The molecule has 1 unspecified atom stereocenters. The molecule has 39 heavy (non-hydrogen) atoms. The van der Waals surface area contributed by atoms with Gasteiger partial charge in [-0.25, -0.2) is 4.79 Å². The molecule has 0 radical (unpaired) electrons.